The van der Waals surface area contributed by atoms with Crippen LogP contribution >= 0.6 is 0 Å². The first-order valence-corrected chi connectivity index (χ1v) is 11.0. The van der Waals surface area contributed by atoms with Crippen LogP contribution in [0.2, 0.25) is 0 Å². The molecular weight excluding hydrogens is 394 g/mol. The minimum absolute atomic E-state index is 0.268. The van der Waals surface area contributed by atoms with Crippen LogP contribution in [-0.4, -0.2) is 55.0 Å². The summed E-state index contributed by atoms with van der Waals surface area (Å²) >= 11 is 0. The van der Waals surface area contributed by atoms with Gasteiger partial charge >= 0.3 is 5.97 Å². The van der Waals surface area contributed by atoms with Crippen molar-refractivity contribution in [1.82, 2.24) is 4.90 Å². The van der Waals surface area contributed by atoms with Crippen LogP contribution in [0.3, 0.4) is 0 Å². The van der Waals surface area contributed by atoms with Gasteiger partial charge in [0, 0.05) is 19.6 Å². The Hall–Kier alpha value is -2.57. The predicted molar refractivity (Wildman–Crippen MR) is 117 cm³/mol. The fraction of sp³-hybridized carbons (Fsp3) is 0.480. The van der Waals surface area contributed by atoms with E-state index in [0.717, 1.165) is 38.2 Å². The number of carbonyl (C=O) groups is 1. The zero-order valence-electron chi connectivity index (χ0n) is 18.2. The highest BCUT2D eigenvalue weighted by Gasteiger charge is 2.42. The first-order chi connectivity index (χ1) is 15.1. The molecule has 0 radical (unpaired) electrons. The van der Waals surface area contributed by atoms with Gasteiger partial charge in [-0.25, -0.2) is 4.79 Å². The fourth-order valence-electron chi connectivity index (χ4n) is 4.89. The lowest BCUT2D eigenvalue weighted by Gasteiger charge is -2.35. The maximum atomic E-state index is 11.8. The number of ether oxygens (including phenoxy) is 3. The molecule has 4 rings (SSSR count). The molecule has 1 heterocycles. The van der Waals surface area contributed by atoms with Gasteiger partial charge in [-0.1, -0.05) is 18.2 Å². The molecular formula is C25H31NO5. The van der Waals surface area contributed by atoms with Gasteiger partial charge in [0.15, 0.2) is 0 Å². The van der Waals surface area contributed by atoms with Crippen LogP contribution in [0.1, 0.15) is 35.7 Å². The van der Waals surface area contributed by atoms with Gasteiger partial charge in [0.25, 0.3) is 0 Å². The van der Waals surface area contributed by atoms with Crippen molar-refractivity contribution in [2.45, 2.75) is 38.5 Å². The minimum atomic E-state index is -0.510. The van der Waals surface area contributed by atoms with E-state index in [2.05, 4.69) is 17.0 Å². The number of fused-ring (bicyclic) bond motifs is 1. The second kappa shape index (κ2) is 9.71. The average molecular weight is 426 g/mol. The molecule has 2 fully saturated rings. The molecule has 0 unspecified atom stereocenters. The van der Waals surface area contributed by atoms with E-state index in [1.54, 1.807) is 18.2 Å². The molecule has 0 amide bonds. The van der Waals surface area contributed by atoms with Gasteiger partial charge in [0.1, 0.15) is 17.6 Å². The SMILES string of the molecule is CCOc1cccc(CN2C[C@H]3C[C@@H](Oc4cccc(C(=O)OC)c4)[C@H](O)C[C@H]3C2)c1. The molecule has 2 aromatic carbocycles. The highest BCUT2D eigenvalue weighted by molar-refractivity contribution is 5.89. The third-order valence-corrected chi connectivity index (χ3v) is 6.32. The molecule has 31 heavy (non-hydrogen) atoms. The lowest BCUT2D eigenvalue weighted by Crippen LogP contribution is -2.42. The van der Waals surface area contributed by atoms with E-state index in [1.807, 2.05) is 25.1 Å². The number of aliphatic hydroxyl groups excluding tert-OH is 1. The highest BCUT2D eigenvalue weighted by atomic mass is 16.5. The molecule has 6 heteroatoms. The lowest BCUT2D eigenvalue weighted by molar-refractivity contribution is -0.0231. The van der Waals surface area contributed by atoms with Crippen molar-refractivity contribution < 1.29 is 24.1 Å². The highest BCUT2D eigenvalue weighted by Crippen LogP contribution is 2.38. The largest absolute Gasteiger partial charge is 0.494 e. The van der Waals surface area contributed by atoms with E-state index in [4.69, 9.17) is 14.2 Å². The molecule has 1 saturated carbocycles. The summed E-state index contributed by atoms with van der Waals surface area (Å²) in [6.45, 7) is 5.53. The third kappa shape index (κ3) is 5.20. The molecule has 2 aromatic rings. The van der Waals surface area contributed by atoms with Crippen molar-refractivity contribution in [1.29, 1.82) is 0 Å². The molecule has 1 aliphatic heterocycles. The van der Waals surface area contributed by atoms with Crippen molar-refractivity contribution in [2.75, 3.05) is 26.8 Å². The number of likely N-dealkylation sites (tertiary alicyclic amines) is 1. The maximum Gasteiger partial charge on any atom is 0.337 e. The van der Waals surface area contributed by atoms with Gasteiger partial charge in [-0.3, -0.25) is 4.90 Å². The average Bonchev–Trinajstić information content (AvgIpc) is 3.15. The first-order valence-electron chi connectivity index (χ1n) is 11.0. The van der Waals surface area contributed by atoms with Crippen LogP contribution in [0, 0.1) is 11.8 Å². The number of hydrogen-bond donors (Lipinski definition) is 1. The number of esters is 1. The fourth-order valence-corrected chi connectivity index (χ4v) is 4.89. The van der Waals surface area contributed by atoms with Crippen LogP contribution in [0.4, 0.5) is 0 Å². The van der Waals surface area contributed by atoms with Crippen LogP contribution < -0.4 is 9.47 Å². The summed E-state index contributed by atoms with van der Waals surface area (Å²) in [5.74, 6) is 2.08. The first kappa shape index (κ1) is 21.7. The number of rotatable bonds is 7. The summed E-state index contributed by atoms with van der Waals surface area (Å²) in [5.41, 5.74) is 1.70. The standard InChI is InChI=1S/C25H31NO5/c1-3-30-21-8-4-6-17(10-21)14-26-15-19-12-23(27)24(13-20(19)16-26)31-22-9-5-7-18(11-22)25(28)29-2/h4-11,19-20,23-24,27H,3,12-16H2,1-2H3/t19-,20+,23+,24+/m0/s1. The van der Waals surface area contributed by atoms with Gasteiger partial charge in [-0.15, -0.1) is 0 Å². The van der Waals surface area contributed by atoms with Crippen molar-refractivity contribution in [2.24, 2.45) is 11.8 Å². The number of nitrogens with zero attached hydrogens (tertiary/aromatic N) is 1. The Labute approximate surface area is 183 Å². The van der Waals surface area contributed by atoms with Crippen LogP contribution in [0.15, 0.2) is 48.5 Å². The van der Waals surface area contributed by atoms with Gasteiger partial charge < -0.3 is 19.3 Å². The van der Waals surface area contributed by atoms with E-state index in [1.165, 1.54) is 12.7 Å². The Morgan fingerprint density at radius 1 is 1.06 bits per heavy atom. The summed E-state index contributed by atoms with van der Waals surface area (Å²) in [4.78, 5) is 14.2. The van der Waals surface area contributed by atoms with Crippen molar-refractivity contribution in [3.8, 4) is 11.5 Å². The van der Waals surface area contributed by atoms with E-state index >= 15 is 0 Å². The second-order valence-electron chi connectivity index (χ2n) is 8.51. The Morgan fingerprint density at radius 2 is 1.81 bits per heavy atom. The minimum Gasteiger partial charge on any atom is -0.494 e. The molecule has 1 aliphatic carbocycles. The summed E-state index contributed by atoms with van der Waals surface area (Å²) in [6, 6.07) is 15.2. The number of aliphatic hydroxyl groups is 1. The smallest absolute Gasteiger partial charge is 0.337 e. The Morgan fingerprint density at radius 3 is 2.58 bits per heavy atom. The maximum absolute atomic E-state index is 11.8. The van der Waals surface area contributed by atoms with E-state index < -0.39 is 12.1 Å². The van der Waals surface area contributed by atoms with Crippen molar-refractivity contribution in [3.63, 3.8) is 0 Å². The van der Waals surface area contributed by atoms with E-state index in [0.29, 0.717) is 29.8 Å². The normalized spacial score (nSPS) is 25.6. The number of methoxy groups -OCH3 is 1. The second-order valence-corrected chi connectivity index (χ2v) is 8.51. The van der Waals surface area contributed by atoms with Gasteiger partial charge in [-0.2, -0.15) is 0 Å². The van der Waals surface area contributed by atoms with E-state index in [9.17, 15) is 9.90 Å². The summed E-state index contributed by atoms with van der Waals surface area (Å²) < 4.78 is 16.5. The number of carbonyl (C=O) groups excluding carboxylic acids is 1. The number of hydrogen-bond acceptors (Lipinski definition) is 6. The van der Waals surface area contributed by atoms with E-state index in [-0.39, 0.29) is 6.10 Å². The van der Waals surface area contributed by atoms with Gasteiger partial charge in [-0.05, 0) is 67.5 Å². The Kier molecular flexibility index (Phi) is 6.78. The topological polar surface area (TPSA) is 68.2 Å². The molecule has 0 spiro atoms. The van der Waals surface area contributed by atoms with Gasteiger partial charge in [0.2, 0.25) is 0 Å². The zero-order chi connectivity index (χ0) is 21.8. The van der Waals surface area contributed by atoms with Crippen molar-refractivity contribution >= 4 is 5.97 Å². The monoisotopic (exact) mass is 425 g/mol. The molecule has 6 nitrogen and oxygen atoms in total. The van der Waals surface area contributed by atoms with Gasteiger partial charge in [0.05, 0.1) is 25.4 Å². The summed E-state index contributed by atoms with van der Waals surface area (Å²) in [5, 5.41) is 10.7. The van der Waals surface area contributed by atoms with Crippen LogP contribution in [0.25, 0.3) is 0 Å². The Balaban J connectivity index is 1.37. The molecule has 2 aliphatic rings. The molecule has 1 saturated heterocycles. The zero-order valence-corrected chi connectivity index (χ0v) is 18.2. The third-order valence-electron chi connectivity index (χ3n) is 6.32. The Bertz CT molecular complexity index is 901. The molecule has 0 bridgehead atoms. The van der Waals surface area contributed by atoms with Crippen molar-refractivity contribution in [3.05, 3.63) is 59.7 Å². The number of benzene rings is 2. The molecule has 4 atom stereocenters. The summed E-state index contributed by atoms with van der Waals surface area (Å²) in [6.07, 6.45) is 0.769. The van der Waals surface area contributed by atoms with Crippen LogP contribution in [-0.2, 0) is 11.3 Å². The molecule has 1 N–H and O–H groups in total. The summed E-state index contributed by atoms with van der Waals surface area (Å²) in [7, 11) is 1.36. The van der Waals surface area contributed by atoms with Crippen LogP contribution in [0.5, 0.6) is 11.5 Å². The quantitative estimate of drug-likeness (QED) is 0.685. The molecule has 166 valence electrons. The molecule has 0 aromatic heterocycles. The predicted octanol–water partition coefficient (Wildman–Crippen LogP) is 3.52. The lowest BCUT2D eigenvalue weighted by atomic mass is 9.78.